The third kappa shape index (κ3) is 2.66. The highest BCUT2D eigenvalue weighted by molar-refractivity contribution is 5.41. The van der Waals surface area contributed by atoms with E-state index in [2.05, 4.69) is 20.8 Å². The molecule has 1 aromatic carbocycles. The van der Waals surface area contributed by atoms with E-state index in [0.29, 0.717) is 18.3 Å². The van der Waals surface area contributed by atoms with Crippen LogP contribution in [-0.2, 0) is 0 Å². The molecule has 0 unspecified atom stereocenters. The van der Waals surface area contributed by atoms with Crippen LogP contribution in [0.5, 0.6) is 11.5 Å². The highest BCUT2D eigenvalue weighted by atomic mass is 16.5. The lowest BCUT2D eigenvalue weighted by Gasteiger charge is -2.10. The highest BCUT2D eigenvalue weighted by Gasteiger charge is 2.06. The van der Waals surface area contributed by atoms with Crippen molar-refractivity contribution in [1.82, 2.24) is 0 Å². The maximum Gasteiger partial charge on any atom is 0.122 e. The lowest BCUT2D eigenvalue weighted by molar-refractivity contribution is 0.315. The van der Waals surface area contributed by atoms with Crippen LogP contribution in [0.15, 0.2) is 18.2 Å². The molecule has 14 heavy (non-hydrogen) atoms. The van der Waals surface area contributed by atoms with Gasteiger partial charge in [0.15, 0.2) is 0 Å². The molecule has 0 atom stereocenters. The Hall–Kier alpha value is -1.18. The van der Waals surface area contributed by atoms with Crippen LogP contribution in [0.2, 0.25) is 0 Å². The molecule has 0 bridgehead atoms. The second-order valence-corrected chi connectivity index (χ2v) is 3.72. The zero-order chi connectivity index (χ0) is 10.6. The van der Waals surface area contributed by atoms with E-state index in [9.17, 15) is 5.11 Å². The van der Waals surface area contributed by atoms with E-state index in [4.69, 9.17) is 4.74 Å². The predicted molar refractivity (Wildman–Crippen MR) is 58.0 cm³/mol. The van der Waals surface area contributed by atoms with Gasteiger partial charge >= 0.3 is 0 Å². The number of ether oxygens (including phenoxy) is 1. The minimum Gasteiger partial charge on any atom is -0.508 e. The topological polar surface area (TPSA) is 29.5 Å². The van der Waals surface area contributed by atoms with Gasteiger partial charge in [-0.25, -0.2) is 0 Å². The molecule has 0 radical (unpaired) electrons. The van der Waals surface area contributed by atoms with Gasteiger partial charge in [-0.1, -0.05) is 26.8 Å². The van der Waals surface area contributed by atoms with Crippen molar-refractivity contribution in [3.8, 4) is 11.5 Å². The minimum atomic E-state index is 0.327. The Bertz CT molecular complexity index is 292. The molecule has 78 valence electrons. The number of aromatic hydroxyl groups is 1. The van der Waals surface area contributed by atoms with Gasteiger partial charge < -0.3 is 9.84 Å². The Labute approximate surface area is 85.5 Å². The minimum absolute atomic E-state index is 0.327. The fourth-order valence-electron chi connectivity index (χ4n) is 1.32. The summed E-state index contributed by atoms with van der Waals surface area (Å²) in [5.74, 6) is 1.41. The molecule has 0 saturated carbocycles. The van der Waals surface area contributed by atoms with Crippen LogP contribution in [0.4, 0.5) is 0 Å². The molecule has 0 aliphatic heterocycles. The molecule has 1 N–H and O–H groups in total. The zero-order valence-corrected chi connectivity index (χ0v) is 9.08. The Morgan fingerprint density at radius 2 is 2.07 bits per heavy atom. The molecule has 0 saturated heterocycles. The van der Waals surface area contributed by atoms with E-state index in [1.54, 1.807) is 6.07 Å². The SMILES string of the molecule is CCCOc1ccc(C(C)C)c(O)c1. The van der Waals surface area contributed by atoms with Crippen molar-refractivity contribution < 1.29 is 9.84 Å². The summed E-state index contributed by atoms with van der Waals surface area (Å²) in [6.07, 6.45) is 0.979. The van der Waals surface area contributed by atoms with Gasteiger partial charge in [0.2, 0.25) is 0 Å². The Morgan fingerprint density at radius 1 is 1.36 bits per heavy atom. The molecule has 0 amide bonds. The molecule has 0 aliphatic carbocycles. The Balaban J connectivity index is 2.78. The summed E-state index contributed by atoms with van der Waals surface area (Å²) in [7, 11) is 0. The fourth-order valence-corrected chi connectivity index (χ4v) is 1.32. The molecule has 0 aromatic heterocycles. The van der Waals surface area contributed by atoms with Gasteiger partial charge in [0.25, 0.3) is 0 Å². The molecule has 1 aromatic rings. The van der Waals surface area contributed by atoms with E-state index in [1.807, 2.05) is 12.1 Å². The second kappa shape index (κ2) is 4.89. The zero-order valence-electron chi connectivity index (χ0n) is 9.08. The Morgan fingerprint density at radius 3 is 2.57 bits per heavy atom. The largest absolute Gasteiger partial charge is 0.508 e. The first-order chi connectivity index (χ1) is 6.65. The predicted octanol–water partition coefficient (Wildman–Crippen LogP) is 3.30. The van der Waals surface area contributed by atoms with Gasteiger partial charge in [0.05, 0.1) is 6.61 Å². The highest BCUT2D eigenvalue weighted by Crippen LogP contribution is 2.29. The average Bonchev–Trinajstić information content (AvgIpc) is 2.14. The van der Waals surface area contributed by atoms with Crippen LogP contribution in [0.3, 0.4) is 0 Å². The van der Waals surface area contributed by atoms with Crippen molar-refractivity contribution in [3.63, 3.8) is 0 Å². The van der Waals surface area contributed by atoms with E-state index in [0.717, 1.165) is 17.7 Å². The summed E-state index contributed by atoms with van der Waals surface area (Å²) in [6.45, 7) is 6.87. The van der Waals surface area contributed by atoms with Crippen molar-refractivity contribution in [2.75, 3.05) is 6.61 Å². The molecule has 0 fully saturated rings. The van der Waals surface area contributed by atoms with Crippen LogP contribution < -0.4 is 4.74 Å². The summed E-state index contributed by atoms with van der Waals surface area (Å²) in [5, 5.41) is 9.68. The lowest BCUT2D eigenvalue weighted by atomic mass is 10.0. The van der Waals surface area contributed by atoms with Crippen molar-refractivity contribution >= 4 is 0 Å². The number of hydrogen-bond donors (Lipinski definition) is 1. The lowest BCUT2D eigenvalue weighted by Crippen LogP contribution is -1.95. The molecule has 1 rings (SSSR count). The second-order valence-electron chi connectivity index (χ2n) is 3.72. The van der Waals surface area contributed by atoms with Gasteiger partial charge in [-0.2, -0.15) is 0 Å². The monoisotopic (exact) mass is 194 g/mol. The van der Waals surface area contributed by atoms with Crippen molar-refractivity contribution in [1.29, 1.82) is 0 Å². The maximum atomic E-state index is 9.68. The van der Waals surface area contributed by atoms with Gasteiger partial charge in [0.1, 0.15) is 11.5 Å². The van der Waals surface area contributed by atoms with Crippen molar-refractivity contribution in [2.45, 2.75) is 33.1 Å². The van der Waals surface area contributed by atoms with Crippen LogP contribution in [0, 0.1) is 0 Å². The summed E-state index contributed by atoms with van der Waals surface area (Å²) < 4.78 is 5.41. The van der Waals surface area contributed by atoms with Crippen LogP contribution >= 0.6 is 0 Å². The number of phenols is 1. The van der Waals surface area contributed by atoms with E-state index in [-0.39, 0.29) is 0 Å². The van der Waals surface area contributed by atoms with Gasteiger partial charge in [-0.15, -0.1) is 0 Å². The normalized spacial score (nSPS) is 10.6. The smallest absolute Gasteiger partial charge is 0.122 e. The average molecular weight is 194 g/mol. The molecular weight excluding hydrogens is 176 g/mol. The first kappa shape index (κ1) is 10.9. The summed E-state index contributed by atoms with van der Waals surface area (Å²) in [5.41, 5.74) is 0.967. The molecular formula is C12H18O2. The van der Waals surface area contributed by atoms with Gasteiger partial charge in [-0.05, 0) is 24.0 Å². The standard InChI is InChI=1S/C12H18O2/c1-4-7-14-10-5-6-11(9(2)3)12(13)8-10/h5-6,8-9,13H,4,7H2,1-3H3. The summed E-state index contributed by atoms with van der Waals surface area (Å²) in [6, 6.07) is 5.51. The third-order valence-electron chi connectivity index (χ3n) is 2.10. The van der Waals surface area contributed by atoms with Crippen molar-refractivity contribution in [3.05, 3.63) is 23.8 Å². The number of phenolic OH excluding ortho intramolecular Hbond substituents is 1. The van der Waals surface area contributed by atoms with Gasteiger partial charge in [-0.3, -0.25) is 0 Å². The molecule has 2 nitrogen and oxygen atoms in total. The summed E-state index contributed by atoms with van der Waals surface area (Å²) in [4.78, 5) is 0. The van der Waals surface area contributed by atoms with Crippen molar-refractivity contribution in [2.24, 2.45) is 0 Å². The first-order valence-electron chi connectivity index (χ1n) is 5.10. The Kier molecular flexibility index (Phi) is 3.81. The molecule has 0 heterocycles. The van der Waals surface area contributed by atoms with E-state index in [1.165, 1.54) is 0 Å². The molecule has 2 heteroatoms. The number of benzene rings is 1. The number of hydrogen-bond acceptors (Lipinski definition) is 2. The van der Waals surface area contributed by atoms with Gasteiger partial charge in [0, 0.05) is 6.07 Å². The van der Waals surface area contributed by atoms with E-state index < -0.39 is 0 Å². The van der Waals surface area contributed by atoms with E-state index >= 15 is 0 Å². The quantitative estimate of drug-likeness (QED) is 0.796. The van der Waals surface area contributed by atoms with Crippen LogP contribution in [0.25, 0.3) is 0 Å². The third-order valence-corrected chi connectivity index (χ3v) is 2.10. The fraction of sp³-hybridized carbons (Fsp3) is 0.500. The molecule has 0 spiro atoms. The van der Waals surface area contributed by atoms with Crippen LogP contribution in [0.1, 0.15) is 38.7 Å². The maximum absolute atomic E-state index is 9.68. The van der Waals surface area contributed by atoms with Crippen LogP contribution in [-0.4, -0.2) is 11.7 Å². The first-order valence-corrected chi connectivity index (χ1v) is 5.10. The summed E-state index contributed by atoms with van der Waals surface area (Å²) >= 11 is 0. The molecule has 0 aliphatic rings. The number of rotatable bonds is 4.